The molecule has 3 N–H and O–H groups in total. The Labute approximate surface area is 118 Å². The minimum absolute atomic E-state index is 0.184. The highest BCUT2D eigenvalue weighted by Gasteiger charge is 2.14. The minimum atomic E-state index is -0.295. The second kappa shape index (κ2) is 6.43. The summed E-state index contributed by atoms with van der Waals surface area (Å²) in [6.07, 6.45) is 1.69. The van der Waals surface area contributed by atoms with E-state index >= 15 is 0 Å². The third-order valence-corrected chi connectivity index (χ3v) is 2.91. The van der Waals surface area contributed by atoms with Crippen LogP contribution in [0.15, 0.2) is 30.5 Å². The van der Waals surface area contributed by atoms with Crippen LogP contribution in [0, 0.1) is 5.82 Å². The molecule has 2 rings (SSSR count). The smallest absolute Gasteiger partial charge is 0.132 e. The lowest BCUT2D eigenvalue weighted by Crippen LogP contribution is -2.15. The molecule has 0 radical (unpaired) electrons. The van der Waals surface area contributed by atoms with Crippen LogP contribution >= 0.6 is 0 Å². The summed E-state index contributed by atoms with van der Waals surface area (Å²) in [4.78, 5) is 8.81. The summed E-state index contributed by atoms with van der Waals surface area (Å²) in [6.45, 7) is 5.09. The molecule has 1 aromatic carbocycles. The van der Waals surface area contributed by atoms with Crippen LogP contribution in [0.2, 0.25) is 0 Å². The van der Waals surface area contributed by atoms with E-state index in [0.717, 1.165) is 0 Å². The number of benzene rings is 1. The van der Waals surface area contributed by atoms with Gasteiger partial charge >= 0.3 is 0 Å². The van der Waals surface area contributed by atoms with Crippen LogP contribution in [0.3, 0.4) is 0 Å². The first-order chi connectivity index (χ1) is 9.63. The molecule has 0 atom stereocenters. The highest BCUT2D eigenvalue weighted by Crippen LogP contribution is 2.28. The van der Waals surface area contributed by atoms with Crippen LogP contribution in [0.25, 0.3) is 11.3 Å². The Morgan fingerprint density at radius 1 is 1.30 bits per heavy atom. The van der Waals surface area contributed by atoms with Crippen molar-refractivity contribution in [3.8, 4) is 11.3 Å². The van der Waals surface area contributed by atoms with Gasteiger partial charge in [0.1, 0.15) is 17.3 Å². The minimum Gasteiger partial charge on any atom is -0.381 e. The number of hydrogen-bond donors (Lipinski definition) is 2. The molecule has 0 amide bonds. The summed E-state index contributed by atoms with van der Waals surface area (Å²) in [5.41, 5.74) is 7.24. The Morgan fingerprint density at radius 2 is 2.05 bits per heavy atom. The molecule has 106 valence electrons. The molecule has 0 fully saturated rings. The summed E-state index contributed by atoms with van der Waals surface area (Å²) in [6, 6.07) is 6.60. The zero-order valence-corrected chi connectivity index (χ0v) is 11.7. The van der Waals surface area contributed by atoms with Gasteiger partial charge in [0.2, 0.25) is 0 Å². The van der Waals surface area contributed by atoms with E-state index in [0.29, 0.717) is 35.9 Å². The van der Waals surface area contributed by atoms with Gasteiger partial charge in [0, 0.05) is 24.6 Å². The fourth-order valence-electron chi connectivity index (χ4n) is 1.87. The fourth-order valence-corrected chi connectivity index (χ4v) is 1.87. The SMILES string of the molecule is CC(C)c1ncc(NCCN)c(-c2ccccc2F)n1. The molecule has 20 heavy (non-hydrogen) atoms. The van der Waals surface area contributed by atoms with Crippen molar-refractivity contribution in [1.29, 1.82) is 0 Å². The monoisotopic (exact) mass is 274 g/mol. The van der Waals surface area contributed by atoms with Crippen molar-refractivity contribution in [3.05, 3.63) is 42.1 Å². The van der Waals surface area contributed by atoms with Gasteiger partial charge in [-0.05, 0) is 12.1 Å². The highest BCUT2D eigenvalue weighted by molar-refractivity contribution is 5.74. The van der Waals surface area contributed by atoms with Crippen LogP contribution in [0.5, 0.6) is 0 Å². The van der Waals surface area contributed by atoms with Crippen molar-refractivity contribution >= 4 is 5.69 Å². The van der Waals surface area contributed by atoms with Crippen molar-refractivity contribution in [1.82, 2.24) is 9.97 Å². The van der Waals surface area contributed by atoms with Crippen LogP contribution in [0.4, 0.5) is 10.1 Å². The quantitative estimate of drug-likeness (QED) is 0.880. The Hall–Kier alpha value is -2.01. The summed E-state index contributed by atoms with van der Waals surface area (Å²) >= 11 is 0. The van der Waals surface area contributed by atoms with Gasteiger partial charge in [0.05, 0.1) is 11.9 Å². The first kappa shape index (κ1) is 14.4. The lowest BCUT2D eigenvalue weighted by Gasteiger charge is -2.13. The molecule has 4 nitrogen and oxygen atoms in total. The summed E-state index contributed by atoms with van der Waals surface area (Å²) in [7, 11) is 0. The number of nitrogens with zero attached hydrogens (tertiary/aromatic N) is 2. The zero-order chi connectivity index (χ0) is 14.5. The zero-order valence-electron chi connectivity index (χ0n) is 11.7. The third-order valence-electron chi connectivity index (χ3n) is 2.91. The third kappa shape index (κ3) is 3.11. The maximum absolute atomic E-state index is 14.0. The molecule has 2 aromatic rings. The van der Waals surface area contributed by atoms with E-state index in [9.17, 15) is 4.39 Å². The average molecular weight is 274 g/mol. The van der Waals surface area contributed by atoms with Gasteiger partial charge in [-0.25, -0.2) is 14.4 Å². The van der Waals surface area contributed by atoms with Crippen molar-refractivity contribution in [2.45, 2.75) is 19.8 Å². The lowest BCUT2D eigenvalue weighted by molar-refractivity contribution is 0.630. The molecule has 0 unspecified atom stereocenters. The van der Waals surface area contributed by atoms with Gasteiger partial charge < -0.3 is 11.1 Å². The maximum Gasteiger partial charge on any atom is 0.132 e. The van der Waals surface area contributed by atoms with Gasteiger partial charge in [0.15, 0.2) is 0 Å². The van der Waals surface area contributed by atoms with Gasteiger partial charge in [-0.2, -0.15) is 0 Å². The molecule has 0 aliphatic heterocycles. The number of anilines is 1. The largest absolute Gasteiger partial charge is 0.381 e. The standard InChI is InChI=1S/C15H19FN4/c1-10(2)15-19-9-13(18-8-7-17)14(20-15)11-5-3-4-6-12(11)16/h3-6,9-10,18H,7-8,17H2,1-2H3. The molecule has 5 heteroatoms. The number of aromatic nitrogens is 2. The fraction of sp³-hybridized carbons (Fsp3) is 0.333. The van der Waals surface area contributed by atoms with Crippen molar-refractivity contribution in [2.24, 2.45) is 5.73 Å². The van der Waals surface area contributed by atoms with Crippen molar-refractivity contribution in [3.63, 3.8) is 0 Å². The molecule has 1 aromatic heterocycles. The summed E-state index contributed by atoms with van der Waals surface area (Å²) in [5, 5.41) is 3.14. The number of nitrogens with one attached hydrogen (secondary N) is 1. The predicted octanol–water partition coefficient (Wildman–Crippen LogP) is 2.78. The van der Waals surface area contributed by atoms with E-state index in [4.69, 9.17) is 5.73 Å². The van der Waals surface area contributed by atoms with Gasteiger partial charge in [-0.1, -0.05) is 26.0 Å². The van der Waals surface area contributed by atoms with Crippen LogP contribution in [-0.2, 0) is 0 Å². The number of rotatable bonds is 5. The lowest BCUT2D eigenvalue weighted by atomic mass is 10.1. The number of halogens is 1. The normalized spacial score (nSPS) is 10.8. The van der Waals surface area contributed by atoms with E-state index in [1.54, 1.807) is 24.4 Å². The highest BCUT2D eigenvalue weighted by atomic mass is 19.1. The topological polar surface area (TPSA) is 63.8 Å². The van der Waals surface area contributed by atoms with Gasteiger partial charge in [-0.15, -0.1) is 0 Å². The first-order valence-electron chi connectivity index (χ1n) is 6.69. The van der Waals surface area contributed by atoms with E-state index in [2.05, 4.69) is 15.3 Å². The molecule has 1 heterocycles. The summed E-state index contributed by atoms with van der Waals surface area (Å²) in [5.74, 6) is 0.585. The molecule has 0 spiro atoms. The Kier molecular flexibility index (Phi) is 4.63. The molecular weight excluding hydrogens is 255 g/mol. The molecule has 0 saturated carbocycles. The average Bonchev–Trinajstić information content (AvgIpc) is 2.45. The maximum atomic E-state index is 14.0. The predicted molar refractivity (Wildman–Crippen MR) is 79.1 cm³/mol. The molecule has 0 saturated heterocycles. The second-order valence-electron chi connectivity index (χ2n) is 4.84. The number of hydrogen-bond acceptors (Lipinski definition) is 4. The van der Waals surface area contributed by atoms with E-state index in [-0.39, 0.29) is 11.7 Å². The van der Waals surface area contributed by atoms with Crippen LogP contribution in [0.1, 0.15) is 25.6 Å². The van der Waals surface area contributed by atoms with Gasteiger partial charge in [0.25, 0.3) is 0 Å². The Morgan fingerprint density at radius 3 is 2.70 bits per heavy atom. The number of nitrogens with two attached hydrogens (primary N) is 1. The van der Waals surface area contributed by atoms with E-state index in [1.165, 1.54) is 6.07 Å². The summed E-state index contributed by atoms with van der Waals surface area (Å²) < 4.78 is 14.0. The van der Waals surface area contributed by atoms with Crippen LogP contribution in [-0.4, -0.2) is 23.1 Å². The second-order valence-corrected chi connectivity index (χ2v) is 4.84. The van der Waals surface area contributed by atoms with Crippen molar-refractivity contribution < 1.29 is 4.39 Å². The molecule has 0 aliphatic carbocycles. The molecular formula is C15H19FN4. The molecule has 0 aliphatic rings. The first-order valence-corrected chi connectivity index (χ1v) is 6.69. The van der Waals surface area contributed by atoms with Crippen molar-refractivity contribution in [2.75, 3.05) is 18.4 Å². The Bertz CT molecular complexity index is 584. The Balaban J connectivity index is 2.51. The van der Waals surface area contributed by atoms with E-state index in [1.807, 2.05) is 13.8 Å². The van der Waals surface area contributed by atoms with E-state index < -0.39 is 0 Å². The van der Waals surface area contributed by atoms with Crippen LogP contribution < -0.4 is 11.1 Å². The molecule has 0 bridgehead atoms. The van der Waals surface area contributed by atoms with Gasteiger partial charge in [-0.3, -0.25) is 0 Å².